The number of ether oxygens (including phenoxy) is 4. The van der Waals surface area contributed by atoms with Crippen LogP contribution in [0.5, 0.6) is 28.7 Å². The van der Waals surface area contributed by atoms with Gasteiger partial charge in [-0.25, -0.2) is 0 Å². The third-order valence-corrected chi connectivity index (χ3v) is 3.06. The fourth-order valence-corrected chi connectivity index (χ4v) is 2.01. The second-order valence-corrected chi connectivity index (χ2v) is 4.27. The van der Waals surface area contributed by atoms with Crippen molar-refractivity contribution in [3.8, 4) is 28.7 Å². The van der Waals surface area contributed by atoms with E-state index in [0.29, 0.717) is 35.3 Å². The van der Waals surface area contributed by atoms with E-state index in [2.05, 4.69) is 0 Å². The number of nitrogens with two attached hydrogens (primary N) is 1. The highest BCUT2D eigenvalue weighted by Gasteiger charge is 2.14. The van der Waals surface area contributed by atoms with Crippen molar-refractivity contribution < 1.29 is 18.9 Å². The maximum atomic E-state index is 5.89. The summed E-state index contributed by atoms with van der Waals surface area (Å²) in [6.45, 7) is 0.403. The van der Waals surface area contributed by atoms with Gasteiger partial charge in [-0.05, 0) is 6.07 Å². The lowest BCUT2D eigenvalue weighted by Gasteiger charge is -2.15. The van der Waals surface area contributed by atoms with Gasteiger partial charge in [0.05, 0.1) is 21.3 Å². The van der Waals surface area contributed by atoms with Crippen molar-refractivity contribution in [2.45, 2.75) is 6.54 Å². The molecule has 0 fully saturated rings. The van der Waals surface area contributed by atoms with Crippen molar-refractivity contribution in [1.29, 1.82) is 0 Å². The minimum absolute atomic E-state index is 0.403. The fourth-order valence-electron chi connectivity index (χ4n) is 2.01. The van der Waals surface area contributed by atoms with E-state index in [9.17, 15) is 0 Å². The number of methoxy groups -OCH3 is 3. The molecule has 0 aromatic heterocycles. The zero-order chi connectivity index (χ0) is 15.2. The minimum atomic E-state index is 0.403. The van der Waals surface area contributed by atoms with Crippen LogP contribution in [0, 0.1) is 0 Å². The summed E-state index contributed by atoms with van der Waals surface area (Å²) in [6, 6.07) is 11.1. The highest BCUT2D eigenvalue weighted by molar-refractivity contribution is 5.56. The van der Waals surface area contributed by atoms with Crippen LogP contribution in [0.4, 0.5) is 0 Å². The van der Waals surface area contributed by atoms with Crippen LogP contribution in [0.15, 0.2) is 36.4 Å². The Balaban J connectivity index is 2.40. The molecular formula is C16H19NO4. The molecule has 0 bridgehead atoms. The Morgan fingerprint density at radius 2 is 1.48 bits per heavy atom. The Bertz CT molecular complexity index is 588. The molecule has 2 rings (SSSR count). The molecule has 0 aliphatic heterocycles. The Labute approximate surface area is 124 Å². The SMILES string of the molecule is COc1cc(Oc2ccccc2CN)cc(OC)c1OC. The van der Waals surface area contributed by atoms with E-state index in [1.165, 1.54) is 0 Å². The van der Waals surface area contributed by atoms with Crippen LogP contribution in [0.25, 0.3) is 0 Å². The van der Waals surface area contributed by atoms with Crippen molar-refractivity contribution in [3.05, 3.63) is 42.0 Å². The maximum Gasteiger partial charge on any atom is 0.203 e. The van der Waals surface area contributed by atoms with Crippen molar-refractivity contribution in [1.82, 2.24) is 0 Å². The predicted octanol–water partition coefficient (Wildman–Crippen LogP) is 2.96. The van der Waals surface area contributed by atoms with Gasteiger partial charge in [0.2, 0.25) is 5.75 Å². The summed E-state index contributed by atoms with van der Waals surface area (Å²) in [4.78, 5) is 0. The normalized spacial score (nSPS) is 10.1. The van der Waals surface area contributed by atoms with E-state index in [0.717, 1.165) is 5.56 Å². The second-order valence-electron chi connectivity index (χ2n) is 4.27. The molecule has 0 aliphatic carbocycles. The molecule has 2 aromatic rings. The summed E-state index contributed by atoms with van der Waals surface area (Å²) in [6.07, 6.45) is 0. The monoisotopic (exact) mass is 289 g/mol. The van der Waals surface area contributed by atoms with Gasteiger partial charge in [0.25, 0.3) is 0 Å². The Morgan fingerprint density at radius 3 is 2.00 bits per heavy atom. The maximum absolute atomic E-state index is 5.89. The first-order valence-electron chi connectivity index (χ1n) is 6.49. The standard InChI is InChI=1S/C16H19NO4/c1-18-14-8-12(9-15(19-2)16(14)20-3)21-13-7-5-4-6-11(13)10-17/h4-9H,10,17H2,1-3H3. The molecule has 5 nitrogen and oxygen atoms in total. The lowest BCUT2D eigenvalue weighted by Crippen LogP contribution is -2.00. The summed E-state index contributed by atoms with van der Waals surface area (Å²) in [5, 5.41) is 0. The van der Waals surface area contributed by atoms with Crippen LogP contribution < -0.4 is 24.7 Å². The average molecular weight is 289 g/mol. The number of benzene rings is 2. The van der Waals surface area contributed by atoms with Gasteiger partial charge in [0, 0.05) is 24.2 Å². The molecule has 2 aromatic carbocycles. The first-order chi connectivity index (χ1) is 10.2. The molecule has 0 heterocycles. The van der Waals surface area contributed by atoms with Gasteiger partial charge in [-0.2, -0.15) is 0 Å². The number of hydrogen-bond acceptors (Lipinski definition) is 5. The highest BCUT2D eigenvalue weighted by Crippen LogP contribution is 2.42. The number of hydrogen-bond donors (Lipinski definition) is 1. The van der Waals surface area contributed by atoms with Gasteiger partial charge in [0.1, 0.15) is 11.5 Å². The van der Waals surface area contributed by atoms with E-state index in [1.54, 1.807) is 33.5 Å². The molecular weight excluding hydrogens is 270 g/mol. The van der Waals surface area contributed by atoms with E-state index < -0.39 is 0 Å². The number of rotatable bonds is 6. The molecule has 5 heteroatoms. The van der Waals surface area contributed by atoms with E-state index in [1.807, 2.05) is 24.3 Å². The predicted molar refractivity (Wildman–Crippen MR) is 80.5 cm³/mol. The van der Waals surface area contributed by atoms with Gasteiger partial charge >= 0.3 is 0 Å². The third-order valence-electron chi connectivity index (χ3n) is 3.06. The van der Waals surface area contributed by atoms with Gasteiger partial charge in [-0.15, -0.1) is 0 Å². The van der Waals surface area contributed by atoms with E-state index >= 15 is 0 Å². The van der Waals surface area contributed by atoms with Crippen molar-refractivity contribution in [3.63, 3.8) is 0 Å². The van der Waals surface area contributed by atoms with Gasteiger partial charge < -0.3 is 24.7 Å². The van der Waals surface area contributed by atoms with Crippen LogP contribution in [-0.4, -0.2) is 21.3 Å². The Morgan fingerprint density at radius 1 is 0.857 bits per heavy atom. The van der Waals surface area contributed by atoms with Crippen LogP contribution in [0.1, 0.15) is 5.56 Å². The summed E-state index contributed by atoms with van der Waals surface area (Å²) >= 11 is 0. The minimum Gasteiger partial charge on any atom is -0.493 e. The molecule has 0 saturated carbocycles. The molecule has 0 atom stereocenters. The van der Waals surface area contributed by atoms with E-state index in [4.69, 9.17) is 24.7 Å². The number of para-hydroxylation sites is 1. The van der Waals surface area contributed by atoms with Gasteiger partial charge in [0.15, 0.2) is 11.5 Å². The molecule has 21 heavy (non-hydrogen) atoms. The van der Waals surface area contributed by atoms with Gasteiger partial charge in [-0.3, -0.25) is 0 Å². The first kappa shape index (κ1) is 15.0. The van der Waals surface area contributed by atoms with Gasteiger partial charge in [-0.1, -0.05) is 18.2 Å². The highest BCUT2D eigenvalue weighted by atomic mass is 16.5. The summed E-state index contributed by atoms with van der Waals surface area (Å²) in [5.74, 6) is 2.90. The van der Waals surface area contributed by atoms with Crippen LogP contribution in [0.3, 0.4) is 0 Å². The summed E-state index contributed by atoms with van der Waals surface area (Å²) < 4.78 is 21.8. The molecule has 0 spiro atoms. The van der Waals surface area contributed by atoms with Crippen molar-refractivity contribution in [2.75, 3.05) is 21.3 Å². The summed E-state index contributed by atoms with van der Waals surface area (Å²) in [7, 11) is 4.69. The summed E-state index contributed by atoms with van der Waals surface area (Å²) in [5.41, 5.74) is 6.64. The Hall–Kier alpha value is -2.40. The average Bonchev–Trinajstić information content (AvgIpc) is 2.54. The van der Waals surface area contributed by atoms with Crippen LogP contribution in [-0.2, 0) is 6.54 Å². The molecule has 0 saturated heterocycles. The van der Waals surface area contributed by atoms with E-state index in [-0.39, 0.29) is 0 Å². The van der Waals surface area contributed by atoms with Crippen molar-refractivity contribution in [2.24, 2.45) is 5.73 Å². The topological polar surface area (TPSA) is 62.9 Å². The second kappa shape index (κ2) is 6.85. The zero-order valence-corrected chi connectivity index (χ0v) is 12.4. The molecule has 0 unspecified atom stereocenters. The van der Waals surface area contributed by atoms with Crippen molar-refractivity contribution >= 4 is 0 Å². The third kappa shape index (κ3) is 3.20. The zero-order valence-electron chi connectivity index (χ0n) is 12.4. The lowest BCUT2D eigenvalue weighted by molar-refractivity contribution is 0.321. The first-order valence-corrected chi connectivity index (χ1v) is 6.49. The molecule has 2 N–H and O–H groups in total. The molecule has 0 radical (unpaired) electrons. The lowest BCUT2D eigenvalue weighted by atomic mass is 10.2. The smallest absolute Gasteiger partial charge is 0.203 e. The molecule has 0 amide bonds. The van der Waals surface area contributed by atoms with Crippen LogP contribution in [0.2, 0.25) is 0 Å². The largest absolute Gasteiger partial charge is 0.493 e. The fraction of sp³-hybridized carbons (Fsp3) is 0.250. The molecule has 0 aliphatic rings. The molecule has 112 valence electrons. The quantitative estimate of drug-likeness (QED) is 0.885. The Kier molecular flexibility index (Phi) is 4.90. The van der Waals surface area contributed by atoms with Crippen LogP contribution >= 0.6 is 0 Å².